The number of hydrogen-bond donors (Lipinski definition) is 1. The average Bonchev–Trinajstić information content (AvgIpc) is 2.22. The predicted octanol–water partition coefficient (Wildman–Crippen LogP) is 2.87. The van der Waals surface area contributed by atoms with Crippen molar-refractivity contribution in [2.45, 2.75) is 13.8 Å². The number of rotatable bonds is 6. The van der Waals surface area contributed by atoms with Crippen LogP contribution in [0.5, 0.6) is 0 Å². The molecule has 0 atom stereocenters. The Labute approximate surface area is 105 Å². The van der Waals surface area contributed by atoms with Crippen molar-refractivity contribution in [2.24, 2.45) is 5.92 Å². The Kier molecular flexibility index (Phi) is 5.80. The lowest BCUT2D eigenvalue weighted by atomic mass is 10.2. The summed E-state index contributed by atoms with van der Waals surface area (Å²) in [5.41, 5.74) is 0.676. The summed E-state index contributed by atoms with van der Waals surface area (Å²) in [6.45, 7) is 6.25. The van der Waals surface area contributed by atoms with Gasteiger partial charge in [-0.25, -0.2) is 0 Å². The summed E-state index contributed by atoms with van der Waals surface area (Å²) in [6, 6.07) is 1.64. The van der Waals surface area contributed by atoms with Gasteiger partial charge in [-0.2, -0.15) is 0 Å². The minimum absolute atomic E-state index is 0.313. The maximum atomic E-state index is 5.82. The molecule has 0 saturated carbocycles. The summed E-state index contributed by atoms with van der Waals surface area (Å²) in [5, 5.41) is 11.0. The number of hydrogen-bond acceptors (Lipinski definition) is 4. The molecule has 0 bridgehead atoms. The number of halogens is 2. The zero-order chi connectivity index (χ0) is 12.0. The SMILES string of the molecule is CC(C)COCCNc1cc(Cl)nnc1Cl. The average molecular weight is 264 g/mol. The van der Waals surface area contributed by atoms with Crippen LogP contribution in [0.25, 0.3) is 0 Å². The van der Waals surface area contributed by atoms with Crippen LogP contribution in [-0.4, -0.2) is 30.0 Å². The largest absolute Gasteiger partial charge is 0.380 e. The molecule has 0 aliphatic heterocycles. The fourth-order valence-corrected chi connectivity index (χ4v) is 1.36. The van der Waals surface area contributed by atoms with E-state index in [1.165, 1.54) is 0 Å². The summed E-state index contributed by atoms with van der Waals surface area (Å²) >= 11 is 11.5. The van der Waals surface area contributed by atoms with E-state index in [-0.39, 0.29) is 0 Å². The highest BCUT2D eigenvalue weighted by Gasteiger charge is 2.03. The first-order chi connectivity index (χ1) is 7.59. The highest BCUT2D eigenvalue weighted by atomic mass is 35.5. The second kappa shape index (κ2) is 6.89. The van der Waals surface area contributed by atoms with E-state index in [2.05, 4.69) is 29.4 Å². The number of anilines is 1. The Balaban J connectivity index is 2.29. The fourth-order valence-electron chi connectivity index (χ4n) is 1.05. The first-order valence-electron chi connectivity index (χ1n) is 5.10. The van der Waals surface area contributed by atoms with Crippen molar-refractivity contribution in [1.29, 1.82) is 0 Å². The predicted molar refractivity (Wildman–Crippen MR) is 66.2 cm³/mol. The van der Waals surface area contributed by atoms with Crippen LogP contribution in [0.3, 0.4) is 0 Å². The Morgan fingerprint density at radius 2 is 2.12 bits per heavy atom. The molecule has 0 aliphatic carbocycles. The van der Waals surface area contributed by atoms with Crippen LogP contribution in [0.15, 0.2) is 6.07 Å². The van der Waals surface area contributed by atoms with Crippen molar-refractivity contribution < 1.29 is 4.74 Å². The molecule has 4 nitrogen and oxygen atoms in total. The van der Waals surface area contributed by atoms with Gasteiger partial charge in [-0.3, -0.25) is 0 Å². The minimum atomic E-state index is 0.313. The lowest BCUT2D eigenvalue weighted by molar-refractivity contribution is 0.118. The van der Waals surface area contributed by atoms with Crippen molar-refractivity contribution in [3.05, 3.63) is 16.4 Å². The van der Waals surface area contributed by atoms with Gasteiger partial charge in [-0.1, -0.05) is 37.0 Å². The molecule has 1 aromatic rings. The standard InChI is InChI=1S/C10H15Cl2N3O/c1-7(2)6-16-4-3-13-8-5-9(11)14-15-10(8)12/h5,7H,3-4,6H2,1-2H3,(H,13,14). The van der Waals surface area contributed by atoms with Gasteiger partial charge in [0.05, 0.1) is 12.3 Å². The summed E-state index contributed by atoms with van der Waals surface area (Å²) in [7, 11) is 0. The van der Waals surface area contributed by atoms with E-state index in [1.807, 2.05) is 0 Å². The van der Waals surface area contributed by atoms with Crippen LogP contribution >= 0.6 is 23.2 Å². The Morgan fingerprint density at radius 1 is 1.38 bits per heavy atom. The monoisotopic (exact) mass is 263 g/mol. The van der Waals surface area contributed by atoms with Crippen LogP contribution in [0, 0.1) is 5.92 Å². The maximum Gasteiger partial charge on any atom is 0.174 e. The third kappa shape index (κ3) is 4.96. The summed E-state index contributed by atoms with van der Waals surface area (Å²) < 4.78 is 5.41. The highest BCUT2D eigenvalue weighted by molar-refractivity contribution is 6.33. The van der Waals surface area contributed by atoms with Crippen LogP contribution in [-0.2, 0) is 4.74 Å². The highest BCUT2D eigenvalue weighted by Crippen LogP contribution is 2.20. The first kappa shape index (κ1) is 13.5. The van der Waals surface area contributed by atoms with Crippen molar-refractivity contribution in [1.82, 2.24) is 10.2 Å². The molecule has 0 fully saturated rings. The van der Waals surface area contributed by atoms with Crippen LogP contribution in [0.2, 0.25) is 10.3 Å². The third-order valence-corrected chi connectivity index (χ3v) is 2.20. The fraction of sp³-hybridized carbons (Fsp3) is 0.600. The zero-order valence-electron chi connectivity index (χ0n) is 9.33. The molecule has 0 amide bonds. The van der Waals surface area contributed by atoms with Gasteiger partial charge in [0.1, 0.15) is 0 Å². The van der Waals surface area contributed by atoms with Crippen molar-refractivity contribution in [3.8, 4) is 0 Å². The topological polar surface area (TPSA) is 47.0 Å². The number of nitrogens with one attached hydrogen (secondary N) is 1. The van der Waals surface area contributed by atoms with Gasteiger partial charge in [0.15, 0.2) is 10.3 Å². The lowest BCUT2D eigenvalue weighted by Crippen LogP contribution is -2.12. The first-order valence-corrected chi connectivity index (χ1v) is 5.85. The van der Waals surface area contributed by atoms with E-state index in [0.717, 1.165) is 6.61 Å². The molecule has 0 unspecified atom stereocenters. The molecule has 16 heavy (non-hydrogen) atoms. The van der Waals surface area contributed by atoms with Crippen molar-refractivity contribution >= 4 is 28.9 Å². The molecule has 1 aromatic heterocycles. The molecule has 0 radical (unpaired) electrons. The van der Waals surface area contributed by atoms with Gasteiger partial charge >= 0.3 is 0 Å². The number of aromatic nitrogens is 2. The molecule has 1 heterocycles. The Morgan fingerprint density at radius 3 is 2.81 bits per heavy atom. The Hall–Kier alpha value is -0.580. The van der Waals surface area contributed by atoms with Gasteiger partial charge in [0, 0.05) is 19.2 Å². The van der Waals surface area contributed by atoms with Crippen LogP contribution in [0.4, 0.5) is 5.69 Å². The molecule has 6 heteroatoms. The molecule has 0 spiro atoms. The second-order valence-corrected chi connectivity index (χ2v) is 4.51. The molecule has 90 valence electrons. The lowest BCUT2D eigenvalue weighted by Gasteiger charge is -2.09. The maximum absolute atomic E-state index is 5.82. The number of ether oxygens (including phenoxy) is 1. The second-order valence-electron chi connectivity index (χ2n) is 3.77. The van der Waals surface area contributed by atoms with E-state index in [9.17, 15) is 0 Å². The van der Waals surface area contributed by atoms with E-state index < -0.39 is 0 Å². The number of nitrogens with zero attached hydrogens (tertiary/aromatic N) is 2. The van der Waals surface area contributed by atoms with Crippen molar-refractivity contribution in [2.75, 3.05) is 25.1 Å². The smallest absolute Gasteiger partial charge is 0.174 e. The molecule has 0 aliphatic rings. The van der Waals surface area contributed by atoms with Gasteiger partial charge in [0.2, 0.25) is 0 Å². The Bertz CT molecular complexity index is 334. The van der Waals surface area contributed by atoms with Gasteiger partial charge in [-0.15, -0.1) is 10.2 Å². The van der Waals surface area contributed by atoms with Gasteiger partial charge < -0.3 is 10.1 Å². The van der Waals surface area contributed by atoms with Gasteiger partial charge in [0.25, 0.3) is 0 Å². The molecule has 1 rings (SSSR count). The third-order valence-electron chi connectivity index (χ3n) is 1.73. The van der Waals surface area contributed by atoms with E-state index in [1.54, 1.807) is 6.07 Å². The van der Waals surface area contributed by atoms with E-state index >= 15 is 0 Å². The summed E-state index contributed by atoms with van der Waals surface area (Å²) in [5.74, 6) is 0.542. The molecular weight excluding hydrogens is 249 g/mol. The van der Waals surface area contributed by atoms with Crippen LogP contribution < -0.4 is 5.32 Å². The summed E-state index contributed by atoms with van der Waals surface area (Å²) in [6.07, 6.45) is 0. The normalized spacial score (nSPS) is 10.8. The van der Waals surface area contributed by atoms with E-state index in [0.29, 0.717) is 35.1 Å². The van der Waals surface area contributed by atoms with Gasteiger partial charge in [-0.05, 0) is 5.92 Å². The summed E-state index contributed by atoms with van der Waals surface area (Å²) in [4.78, 5) is 0. The molecule has 0 aromatic carbocycles. The van der Waals surface area contributed by atoms with Crippen LogP contribution in [0.1, 0.15) is 13.8 Å². The molecule has 1 N–H and O–H groups in total. The zero-order valence-corrected chi connectivity index (χ0v) is 10.8. The molecular formula is C10H15Cl2N3O. The minimum Gasteiger partial charge on any atom is -0.380 e. The van der Waals surface area contributed by atoms with E-state index in [4.69, 9.17) is 27.9 Å². The van der Waals surface area contributed by atoms with Crippen molar-refractivity contribution in [3.63, 3.8) is 0 Å². The molecule has 0 saturated heterocycles. The quantitative estimate of drug-likeness (QED) is 0.802.